The molecule has 148 valence electrons. The molecule has 2 aliphatic rings. The number of ether oxygens (including phenoxy) is 2. The average Bonchev–Trinajstić information content (AvgIpc) is 3.17. The summed E-state index contributed by atoms with van der Waals surface area (Å²) in [5.41, 5.74) is 0.0738. The largest absolute Gasteiger partial charge is 0.492 e. The van der Waals surface area contributed by atoms with E-state index in [4.69, 9.17) is 14.6 Å². The second-order valence-electron chi connectivity index (χ2n) is 6.97. The second-order valence-corrected chi connectivity index (χ2v) is 6.97. The Morgan fingerprint density at radius 1 is 1.21 bits per heavy atom. The number of carboxylic acid groups (broad SMARTS) is 1. The van der Waals surface area contributed by atoms with Gasteiger partial charge >= 0.3 is 12.1 Å². The highest BCUT2D eigenvalue weighted by atomic mass is 19.4. The fourth-order valence-corrected chi connectivity index (χ4v) is 3.90. The van der Waals surface area contributed by atoms with Crippen molar-refractivity contribution >= 4 is 5.97 Å². The summed E-state index contributed by atoms with van der Waals surface area (Å²) in [6.07, 6.45) is -4.91. The normalized spacial score (nSPS) is 20.4. The predicted molar refractivity (Wildman–Crippen MR) is 90.0 cm³/mol. The molecule has 0 saturated heterocycles. The Kier molecular flexibility index (Phi) is 4.44. The summed E-state index contributed by atoms with van der Waals surface area (Å²) in [7, 11) is 0. The highest BCUT2D eigenvalue weighted by Gasteiger charge is 2.39. The average molecular weight is 396 g/mol. The van der Waals surface area contributed by atoms with Crippen molar-refractivity contribution in [1.82, 2.24) is 0 Å². The molecule has 4 rings (SSSR count). The Balaban J connectivity index is 1.58. The lowest BCUT2D eigenvalue weighted by molar-refractivity contribution is -0.139. The first-order chi connectivity index (χ1) is 13.2. The first-order valence-electron chi connectivity index (χ1n) is 8.77. The third-order valence-electron chi connectivity index (χ3n) is 5.12. The van der Waals surface area contributed by atoms with Crippen LogP contribution in [0, 0.1) is 5.82 Å². The van der Waals surface area contributed by atoms with E-state index in [0.29, 0.717) is 24.0 Å². The fourth-order valence-electron chi connectivity index (χ4n) is 3.90. The summed E-state index contributed by atoms with van der Waals surface area (Å²) in [4.78, 5) is 10.9. The maximum atomic E-state index is 13.8. The molecule has 8 heteroatoms. The van der Waals surface area contributed by atoms with Crippen molar-refractivity contribution in [3.63, 3.8) is 0 Å². The second kappa shape index (κ2) is 6.68. The summed E-state index contributed by atoms with van der Waals surface area (Å²) >= 11 is 0. The lowest BCUT2D eigenvalue weighted by atomic mass is 9.98. The zero-order valence-electron chi connectivity index (χ0n) is 14.6. The van der Waals surface area contributed by atoms with Crippen LogP contribution in [0.25, 0.3) is 0 Å². The first-order valence-corrected chi connectivity index (χ1v) is 8.77. The van der Waals surface area contributed by atoms with Gasteiger partial charge in [0.15, 0.2) is 0 Å². The van der Waals surface area contributed by atoms with Crippen LogP contribution < -0.4 is 9.47 Å². The van der Waals surface area contributed by atoms with Gasteiger partial charge in [-0.05, 0) is 42.2 Å². The molecule has 0 aromatic heterocycles. The number of carboxylic acids is 1. The minimum Gasteiger partial charge on any atom is -0.492 e. The van der Waals surface area contributed by atoms with Crippen molar-refractivity contribution < 1.29 is 36.9 Å². The van der Waals surface area contributed by atoms with Crippen molar-refractivity contribution in [1.29, 1.82) is 0 Å². The number of halogens is 4. The number of alkyl halides is 3. The molecule has 1 aliphatic carbocycles. The van der Waals surface area contributed by atoms with Gasteiger partial charge in [0.05, 0.1) is 18.6 Å². The van der Waals surface area contributed by atoms with E-state index in [1.54, 1.807) is 18.2 Å². The van der Waals surface area contributed by atoms with Crippen LogP contribution in [-0.2, 0) is 17.4 Å². The summed E-state index contributed by atoms with van der Waals surface area (Å²) in [6.45, 7) is 0.248. The quantitative estimate of drug-likeness (QED) is 0.750. The van der Waals surface area contributed by atoms with E-state index in [1.807, 2.05) is 0 Å². The molecule has 28 heavy (non-hydrogen) atoms. The maximum absolute atomic E-state index is 13.8. The summed E-state index contributed by atoms with van der Waals surface area (Å²) in [5.74, 6) is -1.25. The number of rotatable bonds is 4. The molecule has 2 aromatic rings. The molecule has 1 aliphatic heterocycles. The monoisotopic (exact) mass is 396 g/mol. The van der Waals surface area contributed by atoms with Gasteiger partial charge in [-0.25, -0.2) is 4.39 Å². The third kappa shape index (κ3) is 3.39. The third-order valence-corrected chi connectivity index (χ3v) is 5.12. The van der Waals surface area contributed by atoms with Crippen LogP contribution >= 0.6 is 0 Å². The topological polar surface area (TPSA) is 55.8 Å². The molecule has 0 amide bonds. The molecule has 1 N–H and O–H groups in total. The van der Waals surface area contributed by atoms with E-state index in [-0.39, 0.29) is 36.5 Å². The van der Waals surface area contributed by atoms with Gasteiger partial charge in [0.25, 0.3) is 0 Å². The molecule has 1 unspecified atom stereocenters. The van der Waals surface area contributed by atoms with Crippen LogP contribution in [0.3, 0.4) is 0 Å². The van der Waals surface area contributed by atoms with E-state index in [2.05, 4.69) is 0 Å². The van der Waals surface area contributed by atoms with Gasteiger partial charge < -0.3 is 14.6 Å². The number of hydrogen-bond acceptors (Lipinski definition) is 3. The summed E-state index contributed by atoms with van der Waals surface area (Å²) in [6, 6.07) is 6.54. The van der Waals surface area contributed by atoms with Crippen molar-refractivity contribution in [2.75, 3.05) is 6.61 Å². The Labute approximate surface area is 157 Å². The molecular formula is C20H16F4O4. The number of hydrogen-bond donors (Lipinski definition) is 1. The number of fused-ring (bicyclic) bond motifs is 2. The van der Waals surface area contributed by atoms with Crippen molar-refractivity contribution in [2.45, 2.75) is 37.5 Å². The Morgan fingerprint density at radius 2 is 2.00 bits per heavy atom. The molecule has 0 fully saturated rings. The Hall–Kier alpha value is -2.77. The van der Waals surface area contributed by atoms with E-state index < -0.39 is 29.6 Å². The van der Waals surface area contributed by atoms with Gasteiger partial charge in [-0.2, -0.15) is 13.2 Å². The summed E-state index contributed by atoms with van der Waals surface area (Å²) in [5, 5.41) is 8.95. The minimum atomic E-state index is -4.62. The van der Waals surface area contributed by atoms with Gasteiger partial charge in [-0.3, -0.25) is 4.79 Å². The van der Waals surface area contributed by atoms with Crippen molar-refractivity contribution in [3.05, 3.63) is 58.4 Å². The lowest BCUT2D eigenvalue weighted by Crippen LogP contribution is -2.11. The van der Waals surface area contributed by atoms with Gasteiger partial charge in [0.1, 0.15) is 23.4 Å². The van der Waals surface area contributed by atoms with Crippen molar-refractivity contribution in [2.24, 2.45) is 0 Å². The van der Waals surface area contributed by atoms with Crippen LogP contribution in [0.2, 0.25) is 0 Å². The van der Waals surface area contributed by atoms with E-state index in [1.165, 1.54) is 0 Å². The van der Waals surface area contributed by atoms with Crippen LogP contribution in [0.5, 0.6) is 11.5 Å². The molecular weight excluding hydrogens is 380 g/mol. The fraction of sp³-hybridized carbons (Fsp3) is 0.350. The number of aliphatic carboxylic acids is 1. The first kappa shape index (κ1) is 18.6. The number of benzene rings is 2. The van der Waals surface area contributed by atoms with Gasteiger partial charge in [-0.1, -0.05) is 6.07 Å². The van der Waals surface area contributed by atoms with E-state index >= 15 is 0 Å². The molecule has 1 heterocycles. The summed E-state index contributed by atoms with van der Waals surface area (Å²) < 4.78 is 64.7. The Morgan fingerprint density at radius 3 is 2.71 bits per heavy atom. The molecule has 0 spiro atoms. The molecule has 2 atom stereocenters. The zero-order chi connectivity index (χ0) is 20.1. The molecule has 4 nitrogen and oxygen atoms in total. The highest BCUT2D eigenvalue weighted by Crippen LogP contribution is 2.44. The standard InChI is InChI=1S/C20H16F4O4/c21-11-6-15-14(16(7-11)20(22,23)24)3-4-17(15)28-12-1-2-13-10(5-19(25)26)9-27-18(13)8-12/h1-2,6-8,10,17H,3-5,9H2,(H,25,26)/t10?,17-/m1/s1. The molecule has 2 aromatic carbocycles. The van der Waals surface area contributed by atoms with Crippen LogP contribution in [0.1, 0.15) is 47.1 Å². The van der Waals surface area contributed by atoms with Crippen LogP contribution in [-0.4, -0.2) is 17.7 Å². The maximum Gasteiger partial charge on any atom is 0.416 e. The van der Waals surface area contributed by atoms with Gasteiger partial charge in [-0.15, -0.1) is 0 Å². The Bertz CT molecular complexity index is 939. The smallest absolute Gasteiger partial charge is 0.416 e. The van der Waals surface area contributed by atoms with Crippen molar-refractivity contribution in [3.8, 4) is 11.5 Å². The van der Waals surface area contributed by atoms with Crippen LogP contribution in [0.15, 0.2) is 30.3 Å². The molecule has 0 radical (unpaired) electrons. The van der Waals surface area contributed by atoms with E-state index in [9.17, 15) is 22.4 Å². The van der Waals surface area contributed by atoms with Crippen LogP contribution in [0.4, 0.5) is 17.6 Å². The molecule has 0 bridgehead atoms. The highest BCUT2D eigenvalue weighted by molar-refractivity contribution is 5.68. The minimum absolute atomic E-state index is 0.0529. The van der Waals surface area contributed by atoms with E-state index in [0.717, 1.165) is 11.6 Å². The van der Waals surface area contributed by atoms with Gasteiger partial charge in [0, 0.05) is 17.5 Å². The lowest BCUT2D eigenvalue weighted by Gasteiger charge is -2.17. The zero-order valence-corrected chi connectivity index (χ0v) is 14.6. The number of carbonyl (C=O) groups is 1. The van der Waals surface area contributed by atoms with Gasteiger partial charge in [0.2, 0.25) is 0 Å². The SMILES string of the molecule is O=C(O)CC1COc2cc(O[C@@H]3CCc4c3cc(F)cc4C(F)(F)F)ccc21. The molecule has 0 saturated carbocycles. The predicted octanol–water partition coefficient (Wildman–Crippen LogP) is 4.86.